The molecule has 1 aromatic rings. The van der Waals surface area contributed by atoms with Crippen LogP contribution >= 0.6 is 0 Å². The van der Waals surface area contributed by atoms with E-state index in [0.29, 0.717) is 5.56 Å². The van der Waals surface area contributed by atoms with Crippen molar-refractivity contribution in [3.05, 3.63) is 29.6 Å². The Labute approximate surface area is 126 Å². The first kappa shape index (κ1) is 16.4. The van der Waals surface area contributed by atoms with Gasteiger partial charge in [-0.15, -0.1) is 0 Å². The van der Waals surface area contributed by atoms with Crippen LogP contribution in [-0.2, 0) is 10.0 Å². The van der Waals surface area contributed by atoms with Crippen molar-refractivity contribution in [2.45, 2.75) is 50.0 Å². The molecule has 3 N–H and O–H groups in total. The quantitative estimate of drug-likeness (QED) is 0.896. The lowest BCUT2D eigenvalue weighted by Gasteiger charge is -2.42. The summed E-state index contributed by atoms with van der Waals surface area (Å²) in [6, 6.07) is 3.97. The van der Waals surface area contributed by atoms with Gasteiger partial charge in [-0.25, -0.2) is 17.5 Å². The second-order valence-electron chi connectivity index (χ2n) is 6.02. The fourth-order valence-electron chi connectivity index (χ4n) is 2.98. The van der Waals surface area contributed by atoms with E-state index in [-0.39, 0.29) is 17.4 Å². The molecule has 6 heteroatoms. The van der Waals surface area contributed by atoms with Gasteiger partial charge >= 0.3 is 0 Å². The van der Waals surface area contributed by atoms with Gasteiger partial charge in [-0.1, -0.05) is 25.8 Å². The normalized spacial score (nSPS) is 26.8. The van der Waals surface area contributed by atoms with Gasteiger partial charge in [0, 0.05) is 12.1 Å². The van der Waals surface area contributed by atoms with E-state index in [1.807, 2.05) is 6.92 Å². The number of aryl methyl sites for hydroxylation is 1. The number of hydrogen-bond donors (Lipinski definition) is 2. The average Bonchev–Trinajstić information content (AvgIpc) is 2.44. The number of rotatable bonds is 4. The Morgan fingerprint density at radius 3 is 2.71 bits per heavy atom. The van der Waals surface area contributed by atoms with E-state index in [4.69, 9.17) is 5.73 Å². The fourth-order valence-corrected chi connectivity index (χ4v) is 4.52. The second-order valence-corrected chi connectivity index (χ2v) is 7.71. The average molecular weight is 314 g/mol. The smallest absolute Gasteiger partial charge is 0.241 e. The molecule has 21 heavy (non-hydrogen) atoms. The number of nitrogens with one attached hydrogen (secondary N) is 1. The molecule has 1 fully saturated rings. The summed E-state index contributed by atoms with van der Waals surface area (Å²) < 4.78 is 41.5. The molecule has 0 aliphatic heterocycles. The third-order valence-electron chi connectivity index (χ3n) is 4.61. The van der Waals surface area contributed by atoms with E-state index < -0.39 is 21.4 Å². The number of sulfonamides is 1. The summed E-state index contributed by atoms with van der Waals surface area (Å²) in [5, 5.41) is 0. The van der Waals surface area contributed by atoms with Gasteiger partial charge in [-0.3, -0.25) is 0 Å². The Kier molecular flexibility index (Phi) is 4.70. The van der Waals surface area contributed by atoms with E-state index in [9.17, 15) is 12.8 Å². The molecule has 0 saturated heterocycles. The van der Waals surface area contributed by atoms with Crippen LogP contribution < -0.4 is 10.5 Å². The van der Waals surface area contributed by atoms with E-state index in [1.165, 1.54) is 12.1 Å². The Balaban J connectivity index is 2.32. The lowest BCUT2D eigenvalue weighted by Crippen LogP contribution is -2.58. The predicted octanol–water partition coefficient (Wildman–Crippen LogP) is 2.32. The van der Waals surface area contributed by atoms with Crippen molar-refractivity contribution < 1.29 is 12.8 Å². The predicted molar refractivity (Wildman–Crippen MR) is 80.9 cm³/mol. The molecule has 1 aromatic carbocycles. The zero-order valence-corrected chi connectivity index (χ0v) is 13.3. The van der Waals surface area contributed by atoms with Gasteiger partial charge < -0.3 is 5.73 Å². The van der Waals surface area contributed by atoms with Crippen LogP contribution in [0.4, 0.5) is 4.39 Å². The Bertz CT molecular complexity index is 618. The number of halogens is 1. The third-order valence-corrected chi connectivity index (χ3v) is 6.16. The fraction of sp³-hybridized carbons (Fsp3) is 0.600. The van der Waals surface area contributed by atoms with E-state index in [0.717, 1.165) is 31.7 Å². The molecule has 118 valence electrons. The minimum absolute atomic E-state index is 0.0452. The molecular formula is C15H23FN2O2S. The summed E-state index contributed by atoms with van der Waals surface area (Å²) >= 11 is 0. The van der Waals surface area contributed by atoms with Gasteiger partial charge in [-0.05, 0) is 43.4 Å². The Hall–Kier alpha value is -0.980. The standard InChI is InChI=1S/C15H23FN2O2S/c1-11-6-7-13(9-14(11)16)21(19,20)18-15(10-17)8-4-3-5-12(15)2/h6-7,9,12,18H,3-5,8,10,17H2,1-2H3. The van der Waals surface area contributed by atoms with Crippen molar-refractivity contribution in [1.29, 1.82) is 0 Å². The first-order chi connectivity index (χ1) is 9.81. The summed E-state index contributed by atoms with van der Waals surface area (Å²) in [6.07, 6.45) is 3.70. The topological polar surface area (TPSA) is 72.2 Å². The minimum atomic E-state index is -3.77. The van der Waals surface area contributed by atoms with Gasteiger partial charge in [0.1, 0.15) is 5.82 Å². The largest absolute Gasteiger partial charge is 0.329 e. The Morgan fingerprint density at radius 2 is 2.14 bits per heavy atom. The highest BCUT2D eigenvalue weighted by atomic mass is 32.2. The van der Waals surface area contributed by atoms with Crippen molar-refractivity contribution in [2.24, 2.45) is 11.7 Å². The lowest BCUT2D eigenvalue weighted by atomic mass is 9.74. The van der Waals surface area contributed by atoms with E-state index in [2.05, 4.69) is 4.72 Å². The molecule has 1 aliphatic rings. The van der Waals surface area contributed by atoms with Crippen LogP contribution in [0.2, 0.25) is 0 Å². The van der Waals surface area contributed by atoms with Crippen LogP contribution in [-0.4, -0.2) is 20.5 Å². The molecule has 4 nitrogen and oxygen atoms in total. The van der Waals surface area contributed by atoms with Crippen molar-refractivity contribution >= 4 is 10.0 Å². The van der Waals surface area contributed by atoms with Crippen molar-refractivity contribution in [1.82, 2.24) is 4.72 Å². The molecular weight excluding hydrogens is 291 g/mol. The van der Waals surface area contributed by atoms with Gasteiger partial charge in [0.15, 0.2) is 0 Å². The van der Waals surface area contributed by atoms with Gasteiger partial charge in [0.25, 0.3) is 0 Å². The Morgan fingerprint density at radius 1 is 1.43 bits per heavy atom. The van der Waals surface area contributed by atoms with E-state index >= 15 is 0 Å². The minimum Gasteiger partial charge on any atom is -0.329 e. The molecule has 0 bridgehead atoms. The van der Waals surface area contributed by atoms with Crippen molar-refractivity contribution in [3.8, 4) is 0 Å². The first-order valence-electron chi connectivity index (χ1n) is 7.31. The van der Waals surface area contributed by atoms with E-state index in [1.54, 1.807) is 6.92 Å². The van der Waals surface area contributed by atoms with Crippen molar-refractivity contribution in [3.63, 3.8) is 0 Å². The van der Waals surface area contributed by atoms with Crippen molar-refractivity contribution in [2.75, 3.05) is 6.54 Å². The highest BCUT2D eigenvalue weighted by molar-refractivity contribution is 7.89. The maximum atomic E-state index is 13.6. The highest BCUT2D eigenvalue weighted by Gasteiger charge is 2.40. The summed E-state index contributed by atoms with van der Waals surface area (Å²) in [5.74, 6) is -0.349. The summed E-state index contributed by atoms with van der Waals surface area (Å²) in [5.41, 5.74) is 5.66. The lowest BCUT2D eigenvalue weighted by molar-refractivity contribution is 0.191. The number of nitrogens with two attached hydrogens (primary N) is 1. The monoisotopic (exact) mass is 314 g/mol. The molecule has 0 heterocycles. The number of benzene rings is 1. The molecule has 2 atom stereocenters. The second kappa shape index (κ2) is 6.02. The molecule has 2 rings (SSSR count). The molecule has 2 unspecified atom stereocenters. The maximum Gasteiger partial charge on any atom is 0.241 e. The molecule has 1 saturated carbocycles. The maximum absolute atomic E-state index is 13.6. The van der Waals surface area contributed by atoms with Crippen LogP contribution in [0.5, 0.6) is 0 Å². The van der Waals surface area contributed by atoms with Gasteiger partial charge in [0.05, 0.1) is 4.90 Å². The molecule has 1 aliphatic carbocycles. The summed E-state index contributed by atoms with van der Waals surface area (Å²) in [4.78, 5) is -0.0452. The van der Waals surface area contributed by atoms with Crippen LogP contribution in [0.25, 0.3) is 0 Å². The van der Waals surface area contributed by atoms with Crippen LogP contribution in [0.15, 0.2) is 23.1 Å². The zero-order chi connectivity index (χ0) is 15.7. The van der Waals surface area contributed by atoms with Crippen LogP contribution in [0.1, 0.15) is 38.2 Å². The van der Waals surface area contributed by atoms with Crippen LogP contribution in [0.3, 0.4) is 0 Å². The third kappa shape index (κ3) is 3.27. The zero-order valence-electron chi connectivity index (χ0n) is 12.5. The van der Waals surface area contributed by atoms with Crippen LogP contribution in [0, 0.1) is 18.7 Å². The van der Waals surface area contributed by atoms with Gasteiger partial charge in [-0.2, -0.15) is 0 Å². The first-order valence-corrected chi connectivity index (χ1v) is 8.79. The van der Waals surface area contributed by atoms with Gasteiger partial charge in [0.2, 0.25) is 10.0 Å². The number of hydrogen-bond acceptors (Lipinski definition) is 3. The molecule has 0 spiro atoms. The molecule has 0 radical (unpaired) electrons. The summed E-state index contributed by atoms with van der Waals surface area (Å²) in [6.45, 7) is 3.87. The highest BCUT2D eigenvalue weighted by Crippen LogP contribution is 2.34. The molecule has 0 amide bonds. The molecule has 0 aromatic heterocycles. The summed E-state index contributed by atoms with van der Waals surface area (Å²) in [7, 11) is -3.77. The SMILES string of the molecule is Cc1ccc(S(=O)(=O)NC2(CN)CCCCC2C)cc1F.